The number of ether oxygens (including phenoxy) is 1. The van der Waals surface area contributed by atoms with Crippen LogP contribution in [-0.4, -0.2) is 6.61 Å². The van der Waals surface area contributed by atoms with Gasteiger partial charge in [-0.2, -0.15) is 0 Å². The highest BCUT2D eigenvalue weighted by molar-refractivity contribution is 9.10. The third-order valence-corrected chi connectivity index (χ3v) is 3.03. The van der Waals surface area contributed by atoms with Crippen LogP contribution in [0.1, 0.15) is 17.4 Å². The molecule has 0 bridgehead atoms. The van der Waals surface area contributed by atoms with E-state index in [1.54, 1.807) is 0 Å². The van der Waals surface area contributed by atoms with Gasteiger partial charge in [-0.15, -0.1) is 11.6 Å². The van der Waals surface area contributed by atoms with Crippen LogP contribution in [0, 0.1) is 0 Å². The predicted octanol–water partition coefficient (Wildman–Crippen LogP) is 3.51. The van der Waals surface area contributed by atoms with Crippen LogP contribution in [0.15, 0.2) is 22.7 Å². The van der Waals surface area contributed by atoms with Crippen molar-refractivity contribution in [3.8, 4) is 5.75 Å². The summed E-state index contributed by atoms with van der Waals surface area (Å²) in [6.45, 7) is 0.712. The van der Waals surface area contributed by atoms with Crippen LogP contribution < -0.4 is 4.74 Å². The number of benzene rings is 1. The van der Waals surface area contributed by atoms with Gasteiger partial charge in [0.1, 0.15) is 5.75 Å². The number of hydrogen-bond donors (Lipinski definition) is 0. The molecule has 0 fully saturated rings. The standard InChI is InChI=1S/C9H8BrClO/c10-7-3-1-2-6-8(11)4-5-12-9(6)7/h1-3,8H,4-5H2. The summed E-state index contributed by atoms with van der Waals surface area (Å²) in [5.41, 5.74) is 1.09. The van der Waals surface area contributed by atoms with Crippen molar-refractivity contribution in [1.29, 1.82) is 0 Å². The summed E-state index contributed by atoms with van der Waals surface area (Å²) in [7, 11) is 0. The molecule has 1 aliphatic heterocycles. The topological polar surface area (TPSA) is 9.23 Å². The number of hydrogen-bond acceptors (Lipinski definition) is 1. The van der Waals surface area contributed by atoms with E-state index in [2.05, 4.69) is 15.9 Å². The predicted molar refractivity (Wildman–Crippen MR) is 52.8 cm³/mol. The molecule has 1 aliphatic rings. The highest BCUT2D eigenvalue weighted by Gasteiger charge is 2.20. The molecule has 1 aromatic carbocycles. The first-order valence-electron chi connectivity index (χ1n) is 3.84. The van der Waals surface area contributed by atoms with E-state index in [0.29, 0.717) is 6.61 Å². The molecule has 0 aliphatic carbocycles. The Morgan fingerprint density at radius 2 is 2.33 bits per heavy atom. The average Bonchev–Trinajstić information content (AvgIpc) is 2.07. The maximum Gasteiger partial charge on any atom is 0.138 e. The summed E-state index contributed by atoms with van der Waals surface area (Å²) in [5.74, 6) is 0.906. The minimum Gasteiger partial charge on any atom is -0.492 e. The molecule has 1 aromatic rings. The van der Waals surface area contributed by atoms with E-state index in [1.807, 2.05) is 18.2 Å². The molecule has 0 radical (unpaired) electrons. The molecule has 0 amide bonds. The van der Waals surface area contributed by atoms with E-state index in [0.717, 1.165) is 22.2 Å². The van der Waals surface area contributed by atoms with E-state index < -0.39 is 0 Å². The summed E-state index contributed by atoms with van der Waals surface area (Å²) >= 11 is 9.54. The number of fused-ring (bicyclic) bond motifs is 1. The quantitative estimate of drug-likeness (QED) is 0.638. The molecule has 0 saturated heterocycles. The molecule has 1 heterocycles. The molecule has 64 valence electrons. The first kappa shape index (κ1) is 8.39. The molecule has 1 nitrogen and oxygen atoms in total. The van der Waals surface area contributed by atoms with Crippen molar-refractivity contribution in [3.63, 3.8) is 0 Å². The molecule has 12 heavy (non-hydrogen) atoms. The van der Waals surface area contributed by atoms with Crippen LogP contribution in [-0.2, 0) is 0 Å². The van der Waals surface area contributed by atoms with Crippen molar-refractivity contribution in [3.05, 3.63) is 28.2 Å². The van der Waals surface area contributed by atoms with Gasteiger partial charge in [-0.1, -0.05) is 12.1 Å². The molecular weight excluding hydrogens is 239 g/mol. The molecule has 0 aromatic heterocycles. The van der Waals surface area contributed by atoms with E-state index in [1.165, 1.54) is 0 Å². The Kier molecular flexibility index (Phi) is 2.28. The van der Waals surface area contributed by atoms with Crippen molar-refractivity contribution in [2.45, 2.75) is 11.8 Å². The lowest BCUT2D eigenvalue weighted by Crippen LogP contribution is -2.10. The van der Waals surface area contributed by atoms with Gasteiger partial charge in [-0.05, 0) is 22.0 Å². The summed E-state index contributed by atoms with van der Waals surface area (Å²) in [4.78, 5) is 0. The minimum absolute atomic E-state index is 0.103. The summed E-state index contributed by atoms with van der Waals surface area (Å²) in [5, 5.41) is 0.103. The monoisotopic (exact) mass is 246 g/mol. The second-order valence-corrected chi connectivity index (χ2v) is 4.14. The SMILES string of the molecule is ClC1CCOc2c(Br)cccc21. The van der Waals surface area contributed by atoms with Gasteiger partial charge in [-0.25, -0.2) is 0 Å². The molecule has 0 N–H and O–H groups in total. The molecule has 1 atom stereocenters. The minimum atomic E-state index is 0.103. The van der Waals surface area contributed by atoms with Crippen LogP contribution in [0.3, 0.4) is 0 Å². The van der Waals surface area contributed by atoms with Crippen molar-refractivity contribution >= 4 is 27.5 Å². The van der Waals surface area contributed by atoms with Gasteiger partial charge in [0.05, 0.1) is 16.5 Å². The molecule has 2 rings (SSSR count). The van der Waals surface area contributed by atoms with Gasteiger partial charge in [0.15, 0.2) is 0 Å². The lowest BCUT2D eigenvalue weighted by Gasteiger charge is -2.22. The number of rotatable bonds is 0. The number of alkyl halides is 1. The summed E-state index contributed by atoms with van der Waals surface area (Å²) < 4.78 is 6.48. The van der Waals surface area contributed by atoms with Gasteiger partial charge < -0.3 is 4.74 Å². The fourth-order valence-corrected chi connectivity index (χ4v) is 2.10. The van der Waals surface area contributed by atoms with Crippen molar-refractivity contribution in [1.82, 2.24) is 0 Å². The Morgan fingerprint density at radius 1 is 1.50 bits per heavy atom. The maximum absolute atomic E-state index is 6.12. The Labute approximate surface area is 84.8 Å². The first-order chi connectivity index (χ1) is 5.79. The second-order valence-electron chi connectivity index (χ2n) is 2.76. The largest absolute Gasteiger partial charge is 0.492 e. The third kappa shape index (κ3) is 1.34. The van der Waals surface area contributed by atoms with Gasteiger partial charge in [0.2, 0.25) is 0 Å². The zero-order chi connectivity index (χ0) is 8.55. The molecule has 0 spiro atoms. The summed E-state index contributed by atoms with van der Waals surface area (Å²) in [6, 6.07) is 5.96. The van der Waals surface area contributed by atoms with Gasteiger partial charge in [0, 0.05) is 12.0 Å². The molecule has 3 heteroatoms. The van der Waals surface area contributed by atoms with E-state index in [9.17, 15) is 0 Å². The normalized spacial score (nSPS) is 21.3. The Morgan fingerprint density at radius 3 is 3.08 bits per heavy atom. The van der Waals surface area contributed by atoms with Crippen LogP contribution in [0.4, 0.5) is 0 Å². The Balaban J connectivity index is 2.52. The van der Waals surface area contributed by atoms with E-state index in [4.69, 9.17) is 16.3 Å². The van der Waals surface area contributed by atoms with Crippen LogP contribution in [0.2, 0.25) is 0 Å². The second kappa shape index (κ2) is 3.27. The zero-order valence-corrected chi connectivity index (χ0v) is 8.73. The average molecular weight is 248 g/mol. The maximum atomic E-state index is 6.12. The summed E-state index contributed by atoms with van der Waals surface area (Å²) in [6.07, 6.45) is 0.894. The van der Waals surface area contributed by atoms with Gasteiger partial charge in [0.25, 0.3) is 0 Å². The van der Waals surface area contributed by atoms with Crippen molar-refractivity contribution in [2.24, 2.45) is 0 Å². The van der Waals surface area contributed by atoms with E-state index in [-0.39, 0.29) is 5.38 Å². The van der Waals surface area contributed by atoms with Crippen LogP contribution in [0.5, 0.6) is 5.75 Å². The van der Waals surface area contributed by atoms with Gasteiger partial charge >= 0.3 is 0 Å². The van der Waals surface area contributed by atoms with E-state index >= 15 is 0 Å². The zero-order valence-electron chi connectivity index (χ0n) is 6.39. The highest BCUT2D eigenvalue weighted by Crippen LogP contribution is 2.40. The van der Waals surface area contributed by atoms with Crippen molar-refractivity contribution < 1.29 is 4.74 Å². The smallest absolute Gasteiger partial charge is 0.138 e. The fraction of sp³-hybridized carbons (Fsp3) is 0.333. The number of halogens is 2. The lowest BCUT2D eigenvalue weighted by molar-refractivity contribution is 0.283. The first-order valence-corrected chi connectivity index (χ1v) is 5.07. The highest BCUT2D eigenvalue weighted by atomic mass is 79.9. The Bertz CT molecular complexity index is 301. The van der Waals surface area contributed by atoms with Crippen molar-refractivity contribution in [2.75, 3.05) is 6.61 Å². The van der Waals surface area contributed by atoms with Crippen LogP contribution in [0.25, 0.3) is 0 Å². The Hall–Kier alpha value is -0.210. The lowest BCUT2D eigenvalue weighted by atomic mass is 10.1. The van der Waals surface area contributed by atoms with Crippen LogP contribution >= 0.6 is 27.5 Å². The van der Waals surface area contributed by atoms with Gasteiger partial charge in [-0.3, -0.25) is 0 Å². The number of para-hydroxylation sites is 1. The molecule has 1 unspecified atom stereocenters. The molecule has 0 saturated carbocycles. The third-order valence-electron chi connectivity index (χ3n) is 1.95. The molecular formula is C9H8BrClO. The fourth-order valence-electron chi connectivity index (χ4n) is 1.34.